The van der Waals surface area contributed by atoms with Crippen molar-refractivity contribution in [1.29, 1.82) is 0 Å². The van der Waals surface area contributed by atoms with Crippen LogP contribution in [0, 0.1) is 17.0 Å². The highest BCUT2D eigenvalue weighted by Crippen LogP contribution is 2.37. The van der Waals surface area contributed by atoms with Crippen LogP contribution in [0.1, 0.15) is 28.4 Å². The Morgan fingerprint density at radius 3 is 2.24 bits per heavy atom. The van der Waals surface area contributed by atoms with Gasteiger partial charge in [0.15, 0.2) is 5.78 Å². The lowest BCUT2D eigenvalue weighted by Crippen LogP contribution is -2.14. The molecule has 1 aromatic carbocycles. The highest BCUT2D eigenvalue weighted by molar-refractivity contribution is 6.00. The van der Waals surface area contributed by atoms with Crippen LogP contribution in [-0.4, -0.2) is 10.7 Å². The van der Waals surface area contributed by atoms with E-state index in [2.05, 4.69) is 0 Å². The van der Waals surface area contributed by atoms with E-state index in [0.29, 0.717) is 6.07 Å². The molecule has 17 heavy (non-hydrogen) atoms. The topological polar surface area (TPSA) is 60.2 Å². The summed E-state index contributed by atoms with van der Waals surface area (Å²) in [6, 6.07) is 1.66. The minimum Gasteiger partial charge on any atom is -0.294 e. The van der Waals surface area contributed by atoms with Gasteiger partial charge in [0.2, 0.25) is 0 Å². The maximum absolute atomic E-state index is 12.6. The normalized spacial score (nSPS) is 11.4. The van der Waals surface area contributed by atoms with Gasteiger partial charge in [0.1, 0.15) is 5.56 Å². The summed E-state index contributed by atoms with van der Waals surface area (Å²) in [6.45, 7) is 2.15. The van der Waals surface area contributed by atoms with Gasteiger partial charge in [-0.1, -0.05) is 6.07 Å². The SMILES string of the molecule is CC(=O)c1c(C(F)(F)F)ccc(C)c1[N+](=O)[O-]. The van der Waals surface area contributed by atoms with E-state index in [4.69, 9.17) is 0 Å². The van der Waals surface area contributed by atoms with Crippen LogP contribution >= 0.6 is 0 Å². The number of rotatable bonds is 2. The smallest absolute Gasteiger partial charge is 0.294 e. The molecule has 1 aromatic rings. The Bertz CT molecular complexity index is 494. The number of Topliss-reactive ketones (excluding diaryl/α,β-unsaturated/α-hetero) is 1. The Kier molecular flexibility index (Phi) is 3.21. The van der Waals surface area contributed by atoms with E-state index >= 15 is 0 Å². The highest BCUT2D eigenvalue weighted by Gasteiger charge is 2.38. The molecule has 0 radical (unpaired) electrons. The quantitative estimate of drug-likeness (QED) is 0.458. The number of nitro benzene ring substituents is 1. The van der Waals surface area contributed by atoms with E-state index in [1.54, 1.807) is 0 Å². The van der Waals surface area contributed by atoms with Crippen molar-refractivity contribution in [3.8, 4) is 0 Å². The Balaban J connectivity index is 3.72. The third-order valence-corrected chi connectivity index (χ3v) is 2.22. The molecule has 0 unspecified atom stereocenters. The van der Waals surface area contributed by atoms with Crippen molar-refractivity contribution in [2.24, 2.45) is 0 Å². The lowest BCUT2D eigenvalue weighted by atomic mass is 9.98. The number of ketones is 1. The molecule has 92 valence electrons. The zero-order chi connectivity index (χ0) is 13.4. The van der Waals surface area contributed by atoms with Gasteiger partial charge >= 0.3 is 6.18 Å². The number of alkyl halides is 3. The van der Waals surface area contributed by atoms with Crippen molar-refractivity contribution in [2.45, 2.75) is 20.0 Å². The van der Waals surface area contributed by atoms with E-state index in [-0.39, 0.29) is 5.56 Å². The van der Waals surface area contributed by atoms with Gasteiger partial charge in [-0.25, -0.2) is 0 Å². The molecule has 0 bridgehead atoms. The van der Waals surface area contributed by atoms with Gasteiger partial charge in [-0.3, -0.25) is 14.9 Å². The van der Waals surface area contributed by atoms with Gasteiger partial charge in [0, 0.05) is 5.56 Å². The molecular weight excluding hydrogens is 239 g/mol. The van der Waals surface area contributed by atoms with Gasteiger partial charge in [-0.05, 0) is 19.9 Å². The fraction of sp³-hybridized carbons (Fsp3) is 0.300. The van der Waals surface area contributed by atoms with Gasteiger partial charge in [0.25, 0.3) is 5.69 Å². The number of nitrogens with zero attached hydrogens (tertiary/aromatic N) is 1. The molecule has 1 rings (SSSR count). The van der Waals surface area contributed by atoms with Gasteiger partial charge in [-0.15, -0.1) is 0 Å². The molecule has 0 spiro atoms. The first kappa shape index (κ1) is 13.1. The molecular formula is C10H8F3NO3. The second-order valence-electron chi connectivity index (χ2n) is 3.46. The molecule has 0 N–H and O–H groups in total. The van der Waals surface area contributed by atoms with Gasteiger partial charge in [-0.2, -0.15) is 13.2 Å². The predicted octanol–water partition coefficient (Wildman–Crippen LogP) is 3.12. The van der Waals surface area contributed by atoms with Gasteiger partial charge < -0.3 is 0 Å². The maximum Gasteiger partial charge on any atom is 0.417 e. The molecule has 0 saturated carbocycles. The Labute approximate surface area is 94.2 Å². The van der Waals surface area contributed by atoms with Crippen LogP contribution in [0.15, 0.2) is 12.1 Å². The number of halogens is 3. The first-order chi connectivity index (χ1) is 7.66. The fourth-order valence-corrected chi connectivity index (χ4v) is 1.52. The molecule has 0 saturated heterocycles. The molecule has 0 heterocycles. The average molecular weight is 247 g/mol. The molecule has 0 aliphatic carbocycles. The molecule has 0 atom stereocenters. The van der Waals surface area contributed by atoms with E-state index < -0.39 is 33.7 Å². The minimum atomic E-state index is -4.79. The number of aryl methyl sites for hydroxylation is 1. The molecule has 0 aliphatic rings. The van der Waals surface area contributed by atoms with Crippen molar-refractivity contribution < 1.29 is 22.9 Å². The lowest BCUT2D eigenvalue weighted by Gasteiger charge is -2.12. The monoisotopic (exact) mass is 247 g/mol. The summed E-state index contributed by atoms with van der Waals surface area (Å²) in [6.07, 6.45) is -4.79. The van der Waals surface area contributed by atoms with Crippen LogP contribution in [-0.2, 0) is 6.18 Å². The average Bonchev–Trinajstić information content (AvgIpc) is 2.14. The standard InChI is InChI=1S/C10H8F3NO3/c1-5-3-4-7(10(11,12)13)8(6(2)15)9(5)14(16)17/h3-4H,1-2H3. The third-order valence-electron chi connectivity index (χ3n) is 2.22. The van der Waals surface area contributed by atoms with Crippen molar-refractivity contribution in [1.82, 2.24) is 0 Å². The Morgan fingerprint density at radius 1 is 1.35 bits per heavy atom. The number of benzene rings is 1. The zero-order valence-corrected chi connectivity index (χ0v) is 8.96. The summed E-state index contributed by atoms with van der Waals surface area (Å²) in [4.78, 5) is 20.9. The summed E-state index contributed by atoms with van der Waals surface area (Å²) in [7, 11) is 0. The largest absolute Gasteiger partial charge is 0.417 e. The molecule has 0 amide bonds. The second-order valence-corrected chi connectivity index (χ2v) is 3.46. The summed E-state index contributed by atoms with van der Waals surface area (Å²) < 4.78 is 37.8. The first-order valence-corrected chi connectivity index (χ1v) is 4.52. The predicted molar refractivity (Wildman–Crippen MR) is 52.8 cm³/mol. The first-order valence-electron chi connectivity index (χ1n) is 4.52. The summed E-state index contributed by atoms with van der Waals surface area (Å²) in [5.74, 6) is -0.979. The minimum absolute atomic E-state index is 0.0215. The number of hydrogen-bond donors (Lipinski definition) is 0. The zero-order valence-electron chi connectivity index (χ0n) is 8.96. The molecule has 0 fully saturated rings. The fourth-order valence-electron chi connectivity index (χ4n) is 1.52. The van der Waals surface area contributed by atoms with Crippen LogP contribution in [0.4, 0.5) is 18.9 Å². The lowest BCUT2D eigenvalue weighted by molar-refractivity contribution is -0.385. The van der Waals surface area contributed by atoms with E-state index in [1.165, 1.54) is 6.92 Å². The van der Waals surface area contributed by atoms with Gasteiger partial charge in [0.05, 0.1) is 10.5 Å². The van der Waals surface area contributed by atoms with E-state index in [0.717, 1.165) is 13.0 Å². The van der Waals surface area contributed by atoms with Crippen molar-refractivity contribution in [3.05, 3.63) is 38.9 Å². The number of nitro groups is 1. The highest BCUT2D eigenvalue weighted by atomic mass is 19.4. The van der Waals surface area contributed by atoms with Crippen molar-refractivity contribution in [3.63, 3.8) is 0 Å². The van der Waals surface area contributed by atoms with E-state index in [1.807, 2.05) is 0 Å². The molecule has 7 heteroatoms. The van der Waals surface area contributed by atoms with Crippen LogP contribution in [0.2, 0.25) is 0 Å². The van der Waals surface area contributed by atoms with E-state index in [9.17, 15) is 28.1 Å². The second kappa shape index (κ2) is 4.15. The number of carbonyl (C=O) groups is 1. The van der Waals surface area contributed by atoms with Crippen molar-refractivity contribution in [2.75, 3.05) is 0 Å². The summed E-state index contributed by atoms with van der Waals surface area (Å²) >= 11 is 0. The third kappa shape index (κ3) is 2.43. The number of carbonyl (C=O) groups excluding carboxylic acids is 1. The van der Waals surface area contributed by atoms with Crippen LogP contribution < -0.4 is 0 Å². The molecule has 4 nitrogen and oxygen atoms in total. The summed E-state index contributed by atoms with van der Waals surface area (Å²) in [5, 5.41) is 10.7. The Hall–Kier alpha value is -1.92. The Morgan fingerprint density at radius 2 is 1.88 bits per heavy atom. The maximum atomic E-state index is 12.6. The number of hydrogen-bond acceptors (Lipinski definition) is 3. The van der Waals surface area contributed by atoms with Crippen LogP contribution in [0.25, 0.3) is 0 Å². The molecule has 0 aliphatic heterocycles. The van der Waals surface area contributed by atoms with Crippen molar-refractivity contribution >= 4 is 11.5 Å². The summed E-state index contributed by atoms with van der Waals surface area (Å²) in [5.41, 5.74) is -2.93. The molecule has 0 aromatic heterocycles. The van der Waals surface area contributed by atoms with Crippen LogP contribution in [0.5, 0.6) is 0 Å². The van der Waals surface area contributed by atoms with Crippen LogP contribution in [0.3, 0.4) is 0 Å².